The van der Waals surface area contributed by atoms with Gasteiger partial charge in [-0.3, -0.25) is 18.4 Å². The minimum atomic E-state index is -3.58. The molecule has 2 aromatic heterocycles. The van der Waals surface area contributed by atoms with Gasteiger partial charge >= 0.3 is 13.7 Å². The number of nitrogens with zero attached hydrogens (tertiary/aromatic N) is 4. The third-order valence-corrected chi connectivity index (χ3v) is 6.86. The van der Waals surface area contributed by atoms with Gasteiger partial charge in [0.2, 0.25) is 11.8 Å². The Hall–Kier alpha value is -2.31. The molecule has 2 aliphatic heterocycles. The molecule has 176 valence electrons. The first-order chi connectivity index (χ1) is 15.3. The van der Waals surface area contributed by atoms with Gasteiger partial charge in [0.05, 0.1) is 19.5 Å². The van der Waals surface area contributed by atoms with E-state index in [1.54, 1.807) is 17.8 Å². The number of anilines is 1. The van der Waals surface area contributed by atoms with Gasteiger partial charge in [0, 0.05) is 18.9 Å². The normalized spacial score (nSPS) is 29.7. The van der Waals surface area contributed by atoms with Crippen LogP contribution in [0.1, 0.15) is 33.4 Å². The maximum Gasteiger partial charge on any atom is 0.406 e. The number of nitrogen functional groups attached to an aromatic ring is 1. The second-order valence-electron chi connectivity index (χ2n) is 7.41. The van der Waals surface area contributed by atoms with Crippen LogP contribution in [0.2, 0.25) is 0 Å². The molecule has 0 saturated carbocycles. The maximum absolute atomic E-state index is 13.0. The van der Waals surface area contributed by atoms with E-state index in [1.807, 2.05) is 13.8 Å². The van der Waals surface area contributed by atoms with E-state index in [4.69, 9.17) is 29.0 Å². The summed E-state index contributed by atoms with van der Waals surface area (Å²) >= 11 is 0. The van der Waals surface area contributed by atoms with Crippen LogP contribution in [0, 0.1) is 5.92 Å². The summed E-state index contributed by atoms with van der Waals surface area (Å²) in [4.78, 5) is 24.0. The van der Waals surface area contributed by atoms with Crippen molar-refractivity contribution in [1.82, 2.24) is 24.6 Å². The van der Waals surface area contributed by atoms with Crippen molar-refractivity contribution >= 4 is 30.8 Å². The van der Waals surface area contributed by atoms with Gasteiger partial charge in [-0.15, -0.1) is 0 Å². The highest BCUT2D eigenvalue weighted by Gasteiger charge is 2.51. The van der Waals surface area contributed by atoms with E-state index >= 15 is 0 Å². The number of fused-ring (bicyclic) bond motifs is 2. The van der Waals surface area contributed by atoms with Crippen molar-refractivity contribution in [2.45, 2.75) is 45.6 Å². The third-order valence-electron chi connectivity index (χ3n) is 5.24. The summed E-state index contributed by atoms with van der Waals surface area (Å²) < 4.78 is 42.6. The summed E-state index contributed by atoms with van der Waals surface area (Å²) in [6.45, 7) is 6.16. The number of imidazole rings is 1. The predicted octanol–water partition coefficient (Wildman–Crippen LogP) is 1.41. The van der Waals surface area contributed by atoms with Crippen LogP contribution in [0.3, 0.4) is 0 Å². The second kappa shape index (κ2) is 9.28. The summed E-state index contributed by atoms with van der Waals surface area (Å²) in [5.74, 6) is -0.182. The number of hydrogen-bond acceptors (Lipinski definition) is 11. The molecule has 3 N–H and O–H groups in total. The van der Waals surface area contributed by atoms with Crippen molar-refractivity contribution in [2.75, 3.05) is 32.1 Å². The molecule has 13 nitrogen and oxygen atoms in total. The lowest BCUT2D eigenvalue weighted by atomic mass is 10.0. The molecule has 2 aromatic rings. The maximum atomic E-state index is 13.0. The van der Waals surface area contributed by atoms with Gasteiger partial charge in [-0.05, 0) is 6.92 Å². The van der Waals surface area contributed by atoms with Crippen LogP contribution in [-0.2, 0) is 27.9 Å². The van der Waals surface area contributed by atoms with Gasteiger partial charge in [0.25, 0.3) is 0 Å². The fourth-order valence-corrected chi connectivity index (χ4v) is 5.31. The fourth-order valence-electron chi connectivity index (χ4n) is 3.72. The number of carbonyl (C=O) groups excluding carboxylic acids is 1. The fraction of sp³-hybridized carbons (Fsp3) is 0.667. The number of rotatable bonds is 8. The van der Waals surface area contributed by atoms with Gasteiger partial charge in [0.15, 0.2) is 11.2 Å². The zero-order chi connectivity index (χ0) is 22.9. The Morgan fingerprint density at radius 1 is 1.41 bits per heavy atom. The molecule has 0 radical (unpaired) electrons. The molecule has 0 aromatic carbocycles. The van der Waals surface area contributed by atoms with Crippen LogP contribution in [0.25, 0.3) is 11.2 Å². The minimum Gasteiger partial charge on any atom is -0.476 e. The largest absolute Gasteiger partial charge is 0.476 e. The summed E-state index contributed by atoms with van der Waals surface area (Å²) in [5, 5.41) is 2.72. The lowest BCUT2D eigenvalue weighted by Gasteiger charge is -2.32. The number of hydrogen-bond donors (Lipinski definition) is 2. The quantitative estimate of drug-likeness (QED) is 0.324. The number of aromatic nitrogens is 4. The second-order valence-corrected chi connectivity index (χ2v) is 9.19. The molecular formula is C18H27N6O7P. The molecule has 0 aliphatic carbocycles. The monoisotopic (exact) mass is 470 g/mol. The summed E-state index contributed by atoms with van der Waals surface area (Å²) in [5.41, 5.74) is 6.79. The highest BCUT2D eigenvalue weighted by atomic mass is 31.2. The van der Waals surface area contributed by atoms with E-state index in [1.165, 1.54) is 0 Å². The molecule has 0 amide bonds. The van der Waals surface area contributed by atoms with E-state index in [-0.39, 0.29) is 44.0 Å². The average molecular weight is 470 g/mol. The molecule has 32 heavy (non-hydrogen) atoms. The molecule has 5 unspecified atom stereocenters. The smallest absolute Gasteiger partial charge is 0.406 e. The molecule has 4 heterocycles. The van der Waals surface area contributed by atoms with Gasteiger partial charge < -0.3 is 19.9 Å². The predicted molar refractivity (Wildman–Crippen MR) is 112 cm³/mol. The Kier molecular flexibility index (Phi) is 6.63. The van der Waals surface area contributed by atoms with E-state index < -0.39 is 26.2 Å². The number of nitrogens with two attached hydrogens (primary N) is 1. The Bertz CT molecular complexity index is 1030. The van der Waals surface area contributed by atoms with Crippen molar-refractivity contribution in [1.29, 1.82) is 0 Å². The molecule has 2 saturated heterocycles. The number of ether oxygens (including phenoxy) is 3. The van der Waals surface area contributed by atoms with Gasteiger partial charge in [-0.25, -0.2) is 14.6 Å². The van der Waals surface area contributed by atoms with Crippen LogP contribution in [-0.4, -0.2) is 64.1 Å². The van der Waals surface area contributed by atoms with Crippen LogP contribution >= 0.6 is 7.75 Å². The lowest BCUT2D eigenvalue weighted by molar-refractivity contribution is -0.143. The topological polar surface area (TPSA) is 162 Å². The van der Waals surface area contributed by atoms with Crippen LogP contribution in [0.5, 0.6) is 5.88 Å². The molecule has 2 fully saturated rings. The van der Waals surface area contributed by atoms with Crippen LogP contribution < -0.4 is 15.6 Å². The van der Waals surface area contributed by atoms with Crippen molar-refractivity contribution < 1.29 is 32.6 Å². The Balaban J connectivity index is 1.48. The van der Waals surface area contributed by atoms with Gasteiger partial charge in [0.1, 0.15) is 25.0 Å². The molecule has 4 rings (SSSR count). The summed E-state index contributed by atoms with van der Waals surface area (Å²) in [6, 6.07) is 0. The first-order valence-electron chi connectivity index (χ1n) is 10.5. The zero-order valence-electron chi connectivity index (χ0n) is 18.1. The van der Waals surface area contributed by atoms with Gasteiger partial charge in [-0.2, -0.15) is 9.97 Å². The molecule has 5 atom stereocenters. The first kappa shape index (κ1) is 22.9. The van der Waals surface area contributed by atoms with E-state index in [0.29, 0.717) is 23.7 Å². The van der Waals surface area contributed by atoms with Crippen molar-refractivity contribution in [3.05, 3.63) is 6.33 Å². The van der Waals surface area contributed by atoms with Gasteiger partial charge in [-0.1, -0.05) is 13.8 Å². The molecule has 14 heteroatoms. The molecule has 2 aliphatic rings. The Morgan fingerprint density at radius 3 is 2.97 bits per heavy atom. The number of nitrogens with one attached hydrogen (secondary N) is 1. The average Bonchev–Trinajstić information content (AvgIpc) is 3.32. The third kappa shape index (κ3) is 4.44. The number of esters is 1. The summed E-state index contributed by atoms with van der Waals surface area (Å²) in [6.07, 6.45) is 0.434. The lowest BCUT2D eigenvalue weighted by Crippen LogP contribution is -2.39. The highest BCUT2D eigenvalue weighted by molar-refractivity contribution is 7.51. The van der Waals surface area contributed by atoms with E-state index in [2.05, 4.69) is 20.0 Å². The highest BCUT2D eigenvalue weighted by Crippen LogP contribution is 2.54. The van der Waals surface area contributed by atoms with E-state index in [0.717, 1.165) is 0 Å². The number of carbonyl (C=O) groups is 1. The standard InChI is InChI=1S/C18H27N6O7P/c1-4-12(25)28-7-6-21-32(26)29-8-11-14(31-32)10(3)17(30-11)24-9-20-13-15(24)22-18(19)23-16(13)27-5-2/h9-11,14,17H,4-8H2,1-3H3,(H,21,26)(H2,19,22,23). The van der Waals surface area contributed by atoms with Crippen molar-refractivity contribution in [3.63, 3.8) is 0 Å². The molecule has 0 spiro atoms. The summed E-state index contributed by atoms with van der Waals surface area (Å²) in [7, 11) is -3.58. The molecular weight excluding hydrogens is 443 g/mol. The van der Waals surface area contributed by atoms with Crippen LogP contribution in [0.4, 0.5) is 5.95 Å². The molecule has 0 bridgehead atoms. The van der Waals surface area contributed by atoms with Crippen molar-refractivity contribution in [2.24, 2.45) is 5.92 Å². The Labute approximate surface area is 184 Å². The zero-order valence-corrected chi connectivity index (χ0v) is 19.0. The van der Waals surface area contributed by atoms with Crippen molar-refractivity contribution in [3.8, 4) is 5.88 Å². The SMILES string of the molecule is CCOc1nc(N)nc2c1ncn2C1OC2COP(=O)(NCCOC(=O)CC)OC2C1C. The van der Waals surface area contributed by atoms with Crippen LogP contribution in [0.15, 0.2) is 6.33 Å². The minimum absolute atomic E-state index is 0.0582. The van der Waals surface area contributed by atoms with E-state index in [9.17, 15) is 9.36 Å². The first-order valence-corrected chi connectivity index (χ1v) is 12.0. The Morgan fingerprint density at radius 2 is 2.22 bits per heavy atom.